The third-order valence-electron chi connectivity index (χ3n) is 4.38. The number of anilines is 1. The molecule has 1 amide bonds. The van der Waals surface area contributed by atoms with Crippen molar-refractivity contribution in [2.45, 2.75) is 19.8 Å². The molecule has 0 spiro atoms. The second-order valence-electron chi connectivity index (χ2n) is 6.47. The third-order valence-corrected chi connectivity index (χ3v) is 4.38. The fourth-order valence-electron chi connectivity index (χ4n) is 3.21. The second-order valence-corrected chi connectivity index (χ2v) is 6.47. The number of hydrogen-bond donors (Lipinski definition) is 1. The Bertz CT molecular complexity index is 636. The number of benzene rings is 2. The van der Waals surface area contributed by atoms with Gasteiger partial charge in [-0.1, -0.05) is 49.4 Å². The van der Waals surface area contributed by atoms with Crippen LogP contribution in [0.2, 0.25) is 0 Å². The van der Waals surface area contributed by atoms with E-state index in [9.17, 15) is 4.79 Å². The van der Waals surface area contributed by atoms with E-state index in [1.165, 1.54) is 18.4 Å². The number of amides is 1. The van der Waals surface area contributed by atoms with Crippen LogP contribution in [0.3, 0.4) is 0 Å². The third kappa shape index (κ3) is 4.42. The molecular formula is C20H24N2O. The molecule has 1 saturated heterocycles. The Balaban J connectivity index is 1.56. The van der Waals surface area contributed by atoms with Crippen molar-refractivity contribution in [2.75, 3.05) is 25.0 Å². The summed E-state index contributed by atoms with van der Waals surface area (Å²) in [6, 6.07) is 18.3. The zero-order valence-corrected chi connectivity index (χ0v) is 13.7. The van der Waals surface area contributed by atoms with Crippen molar-refractivity contribution in [3.05, 3.63) is 54.6 Å². The Morgan fingerprint density at radius 1 is 1.09 bits per heavy atom. The number of rotatable bonds is 4. The molecule has 1 aliphatic rings. The van der Waals surface area contributed by atoms with Gasteiger partial charge in [0, 0.05) is 12.2 Å². The highest BCUT2D eigenvalue weighted by atomic mass is 16.2. The smallest absolute Gasteiger partial charge is 0.238 e. The van der Waals surface area contributed by atoms with Gasteiger partial charge in [-0.05, 0) is 48.6 Å². The molecule has 3 heteroatoms. The van der Waals surface area contributed by atoms with Crippen LogP contribution in [0, 0.1) is 5.92 Å². The summed E-state index contributed by atoms with van der Waals surface area (Å²) in [5.74, 6) is 0.772. The van der Waals surface area contributed by atoms with Gasteiger partial charge in [0.25, 0.3) is 0 Å². The van der Waals surface area contributed by atoms with Crippen molar-refractivity contribution in [1.29, 1.82) is 0 Å². The zero-order chi connectivity index (χ0) is 16.1. The van der Waals surface area contributed by atoms with E-state index in [1.54, 1.807) is 0 Å². The van der Waals surface area contributed by atoms with Crippen molar-refractivity contribution in [2.24, 2.45) is 5.92 Å². The first-order valence-corrected chi connectivity index (χ1v) is 8.38. The maximum absolute atomic E-state index is 12.2. The molecule has 1 atom stereocenters. The molecule has 3 rings (SSSR count). The van der Waals surface area contributed by atoms with Crippen LogP contribution in [0.25, 0.3) is 11.1 Å². The van der Waals surface area contributed by atoms with Crippen LogP contribution < -0.4 is 5.32 Å². The van der Waals surface area contributed by atoms with Crippen molar-refractivity contribution < 1.29 is 4.79 Å². The summed E-state index contributed by atoms with van der Waals surface area (Å²) in [6.45, 7) is 4.81. The lowest BCUT2D eigenvalue weighted by Gasteiger charge is -2.30. The quantitative estimate of drug-likeness (QED) is 0.925. The number of carbonyl (C=O) groups is 1. The van der Waals surface area contributed by atoms with Gasteiger partial charge in [-0.2, -0.15) is 0 Å². The zero-order valence-electron chi connectivity index (χ0n) is 13.7. The van der Waals surface area contributed by atoms with E-state index in [4.69, 9.17) is 0 Å². The molecule has 3 nitrogen and oxygen atoms in total. The minimum absolute atomic E-state index is 0.0755. The van der Waals surface area contributed by atoms with Crippen LogP contribution in [0.15, 0.2) is 54.6 Å². The molecule has 1 N–H and O–H groups in total. The monoisotopic (exact) mass is 308 g/mol. The predicted molar refractivity (Wildman–Crippen MR) is 95.3 cm³/mol. The Labute approximate surface area is 138 Å². The predicted octanol–water partition coefficient (Wildman–Crippen LogP) is 4.02. The molecule has 1 aliphatic heterocycles. The van der Waals surface area contributed by atoms with Gasteiger partial charge >= 0.3 is 0 Å². The molecule has 23 heavy (non-hydrogen) atoms. The molecule has 1 fully saturated rings. The maximum atomic E-state index is 12.2. The summed E-state index contributed by atoms with van der Waals surface area (Å²) in [5.41, 5.74) is 3.21. The number of carbonyl (C=O) groups excluding carboxylic acids is 1. The van der Waals surface area contributed by atoms with Gasteiger partial charge in [-0.15, -0.1) is 0 Å². The minimum atomic E-state index is 0.0755. The average molecular weight is 308 g/mol. The highest BCUT2D eigenvalue weighted by Gasteiger charge is 2.18. The van der Waals surface area contributed by atoms with E-state index in [0.717, 1.165) is 24.3 Å². The SMILES string of the molecule is C[C@@H]1CCCN(CC(=O)Nc2ccc(-c3ccccc3)cc2)C1. The lowest BCUT2D eigenvalue weighted by atomic mass is 10.0. The van der Waals surface area contributed by atoms with Crippen molar-refractivity contribution in [1.82, 2.24) is 4.90 Å². The first-order chi connectivity index (χ1) is 11.2. The number of hydrogen-bond acceptors (Lipinski definition) is 2. The molecule has 1 heterocycles. The molecule has 0 bridgehead atoms. The Hall–Kier alpha value is -2.13. The van der Waals surface area contributed by atoms with Crippen molar-refractivity contribution in [3.8, 4) is 11.1 Å². The number of piperidine rings is 1. The molecule has 0 aliphatic carbocycles. The van der Waals surface area contributed by atoms with E-state index in [-0.39, 0.29) is 5.91 Å². The average Bonchev–Trinajstić information content (AvgIpc) is 2.56. The van der Waals surface area contributed by atoms with E-state index in [1.807, 2.05) is 42.5 Å². The first-order valence-electron chi connectivity index (χ1n) is 8.38. The normalized spacial score (nSPS) is 18.6. The van der Waals surface area contributed by atoms with Gasteiger partial charge in [0.05, 0.1) is 6.54 Å². The summed E-state index contributed by atoms with van der Waals surface area (Å²) < 4.78 is 0. The van der Waals surface area contributed by atoms with Gasteiger partial charge in [-0.3, -0.25) is 9.69 Å². The van der Waals surface area contributed by atoms with Crippen LogP contribution in [0.4, 0.5) is 5.69 Å². The van der Waals surface area contributed by atoms with E-state index < -0.39 is 0 Å². The van der Waals surface area contributed by atoms with Gasteiger partial charge in [0.2, 0.25) is 5.91 Å². The van der Waals surface area contributed by atoms with Crippen molar-refractivity contribution in [3.63, 3.8) is 0 Å². The van der Waals surface area contributed by atoms with Crippen LogP contribution in [0.1, 0.15) is 19.8 Å². The Morgan fingerprint density at radius 2 is 1.78 bits per heavy atom. The molecule has 120 valence electrons. The lowest BCUT2D eigenvalue weighted by molar-refractivity contribution is -0.117. The molecule has 0 saturated carbocycles. The fourth-order valence-corrected chi connectivity index (χ4v) is 3.21. The summed E-state index contributed by atoms with van der Waals surface area (Å²) in [5, 5.41) is 3.00. The van der Waals surface area contributed by atoms with Crippen LogP contribution in [-0.2, 0) is 4.79 Å². The fraction of sp³-hybridized carbons (Fsp3) is 0.350. The van der Waals surface area contributed by atoms with Crippen LogP contribution in [-0.4, -0.2) is 30.4 Å². The molecular weight excluding hydrogens is 284 g/mol. The number of likely N-dealkylation sites (tertiary alicyclic amines) is 1. The van der Waals surface area contributed by atoms with E-state index in [2.05, 4.69) is 29.3 Å². The van der Waals surface area contributed by atoms with Gasteiger partial charge < -0.3 is 5.32 Å². The first kappa shape index (κ1) is 15.8. The number of nitrogens with one attached hydrogen (secondary N) is 1. The Morgan fingerprint density at radius 3 is 2.48 bits per heavy atom. The molecule has 0 aromatic heterocycles. The highest BCUT2D eigenvalue weighted by molar-refractivity contribution is 5.92. The minimum Gasteiger partial charge on any atom is -0.325 e. The van der Waals surface area contributed by atoms with Gasteiger partial charge in [0.1, 0.15) is 0 Å². The van der Waals surface area contributed by atoms with Crippen molar-refractivity contribution >= 4 is 11.6 Å². The summed E-state index contributed by atoms with van der Waals surface area (Å²) in [6.07, 6.45) is 2.47. The lowest BCUT2D eigenvalue weighted by Crippen LogP contribution is -2.39. The van der Waals surface area contributed by atoms with Crippen LogP contribution in [0.5, 0.6) is 0 Å². The number of nitrogens with zero attached hydrogens (tertiary/aromatic N) is 1. The van der Waals surface area contributed by atoms with Gasteiger partial charge in [0.15, 0.2) is 0 Å². The largest absolute Gasteiger partial charge is 0.325 e. The second kappa shape index (κ2) is 7.42. The maximum Gasteiger partial charge on any atom is 0.238 e. The van der Waals surface area contributed by atoms with E-state index in [0.29, 0.717) is 12.5 Å². The highest BCUT2D eigenvalue weighted by Crippen LogP contribution is 2.21. The Kier molecular flexibility index (Phi) is 5.09. The summed E-state index contributed by atoms with van der Waals surface area (Å²) in [7, 11) is 0. The van der Waals surface area contributed by atoms with Gasteiger partial charge in [-0.25, -0.2) is 0 Å². The summed E-state index contributed by atoms with van der Waals surface area (Å²) >= 11 is 0. The topological polar surface area (TPSA) is 32.3 Å². The molecule has 0 unspecified atom stereocenters. The standard InChI is InChI=1S/C20H24N2O/c1-16-6-5-13-22(14-16)15-20(23)21-19-11-9-18(10-12-19)17-7-3-2-4-8-17/h2-4,7-12,16H,5-6,13-15H2,1H3,(H,21,23)/t16-/m1/s1. The molecule has 2 aromatic rings. The molecule has 2 aromatic carbocycles. The van der Waals surface area contributed by atoms with E-state index >= 15 is 0 Å². The summed E-state index contributed by atoms with van der Waals surface area (Å²) in [4.78, 5) is 14.4. The molecule has 0 radical (unpaired) electrons. The van der Waals surface area contributed by atoms with Crippen LogP contribution >= 0.6 is 0 Å².